The normalized spacial score (nSPS) is 11.9. The first kappa shape index (κ1) is 13.9. The van der Waals surface area contributed by atoms with Crippen LogP contribution in [0.15, 0.2) is 30.5 Å². The predicted octanol–water partition coefficient (Wildman–Crippen LogP) is 1.97. The van der Waals surface area contributed by atoms with Gasteiger partial charge in [0.2, 0.25) is 0 Å². The van der Waals surface area contributed by atoms with E-state index in [1.165, 1.54) is 0 Å². The Morgan fingerprint density at radius 3 is 2.50 bits per heavy atom. The van der Waals surface area contributed by atoms with Crippen LogP contribution in [0.1, 0.15) is 17.3 Å². The first-order chi connectivity index (χ1) is 9.52. The summed E-state index contributed by atoms with van der Waals surface area (Å²) in [5, 5.41) is 16.5. The van der Waals surface area contributed by atoms with Crippen molar-refractivity contribution in [2.75, 3.05) is 12.4 Å². The number of carboxylic acids is 1. The number of methoxy groups -OCH3 is 1. The van der Waals surface area contributed by atoms with Crippen LogP contribution in [-0.2, 0) is 11.8 Å². The zero-order chi connectivity index (χ0) is 14.7. The molecule has 1 aromatic heterocycles. The van der Waals surface area contributed by atoms with E-state index >= 15 is 0 Å². The molecular weight excluding hydrogens is 258 g/mol. The monoisotopic (exact) mass is 275 g/mol. The summed E-state index contributed by atoms with van der Waals surface area (Å²) in [5.41, 5.74) is 2.18. The quantitative estimate of drug-likeness (QED) is 0.872. The zero-order valence-electron chi connectivity index (χ0n) is 11.6. The van der Waals surface area contributed by atoms with Gasteiger partial charge in [0, 0.05) is 24.0 Å². The summed E-state index contributed by atoms with van der Waals surface area (Å²) in [6.07, 6.45) is 1.57. The van der Waals surface area contributed by atoms with Crippen molar-refractivity contribution in [2.24, 2.45) is 7.05 Å². The Hall–Kier alpha value is -2.50. The number of anilines is 1. The summed E-state index contributed by atoms with van der Waals surface area (Å²) in [5.74, 6) is -0.225. The molecule has 20 heavy (non-hydrogen) atoms. The van der Waals surface area contributed by atoms with Crippen molar-refractivity contribution in [3.8, 4) is 5.75 Å². The maximum absolute atomic E-state index is 11.5. The lowest BCUT2D eigenvalue weighted by Crippen LogP contribution is -2.21. The molecule has 0 spiro atoms. The van der Waals surface area contributed by atoms with E-state index in [0.29, 0.717) is 11.3 Å². The third kappa shape index (κ3) is 2.74. The Morgan fingerprint density at radius 1 is 1.40 bits per heavy atom. The Kier molecular flexibility index (Phi) is 3.93. The van der Waals surface area contributed by atoms with Crippen molar-refractivity contribution in [1.82, 2.24) is 9.78 Å². The molecule has 6 heteroatoms. The van der Waals surface area contributed by atoms with Gasteiger partial charge in [-0.2, -0.15) is 5.10 Å². The fourth-order valence-electron chi connectivity index (χ4n) is 1.93. The highest BCUT2D eigenvalue weighted by atomic mass is 16.5. The van der Waals surface area contributed by atoms with Crippen molar-refractivity contribution in [3.05, 3.63) is 41.7 Å². The van der Waals surface area contributed by atoms with E-state index in [4.69, 9.17) is 4.74 Å². The molecule has 2 N–H and O–H groups in total. The molecular formula is C14H17N3O3. The number of nitrogens with zero attached hydrogens (tertiary/aromatic N) is 2. The van der Waals surface area contributed by atoms with Gasteiger partial charge in [0.15, 0.2) is 6.04 Å². The molecule has 1 heterocycles. The molecule has 0 bridgehead atoms. The van der Waals surface area contributed by atoms with Crippen LogP contribution >= 0.6 is 0 Å². The van der Waals surface area contributed by atoms with E-state index in [1.807, 2.05) is 6.92 Å². The molecule has 0 fully saturated rings. The summed E-state index contributed by atoms with van der Waals surface area (Å²) in [6, 6.07) is 6.27. The average molecular weight is 275 g/mol. The summed E-state index contributed by atoms with van der Waals surface area (Å²) >= 11 is 0. The van der Waals surface area contributed by atoms with Gasteiger partial charge in [0.1, 0.15) is 5.75 Å². The van der Waals surface area contributed by atoms with Crippen molar-refractivity contribution >= 4 is 11.7 Å². The third-order valence-electron chi connectivity index (χ3n) is 3.23. The Bertz CT molecular complexity index is 605. The van der Waals surface area contributed by atoms with E-state index in [1.54, 1.807) is 49.3 Å². The number of ether oxygens (including phenoxy) is 1. The minimum absolute atomic E-state index is 0.649. The maximum atomic E-state index is 11.5. The Morgan fingerprint density at radius 2 is 2.05 bits per heavy atom. The van der Waals surface area contributed by atoms with E-state index in [9.17, 15) is 9.90 Å². The van der Waals surface area contributed by atoms with Gasteiger partial charge in [-0.3, -0.25) is 4.68 Å². The first-order valence-electron chi connectivity index (χ1n) is 6.15. The fourth-order valence-corrected chi connectivity index (χ4v) is 1.93. The fraction of sp³-hybridized carbons (Fsp3) is 0.286. The topological polar surface area (TPSA) is 76.4 Å². The molecule has 0 radical (unpaired) electrons. The standard InChI is InChI=1S/C14H17N3O3/c1-9-12(8-15-17(9)2)13(14(18)19)16-10-4-6-11(20-3)7-5-10/h4-8,13,16H,1-3H3,(H,18,19). The van der Waals surface area contributed by atoms with Gasteiger partial charge < -0.3 is 15.2 Å². The minimum atomic E-state index is -0.947. The smallest absolute Gasteiger partial charge is 0.330 e. The number of hydrogen-bond acceptors (Lipinski definition) is 4. The molecule has 0 aliphatic carbocycles. The number of aromatic nitrogens is 2. The maximum Gasteiger partial charge on any atom is 0.330 e. The van der Waals surface area contributed by atoms with E-state index in [2.05, 4.69) is 10.4 Å². The molecule has 1 atom stereocenters. The number of aliphatic carboxylic acids is 1. The number of carbonyl (C=O) groups is 1. The Labute approximate surface area is 117 Å². The van der Waals surface area contributed by atoms with Crippen LogP contribution in [-0.4, -0.2) is 28.0 Å². The van der Waals surface area contributed by atoms with Crippen LogP contribution in [0.4, 0.5) is 5.69 Å². The summed E-state index contributed by atoms with van der Waals surface area (Å²) in [4.78, 5) is 11.5. The number of aryl methyl sites for hydroxylation is 1. The number of rotatable bonds is 5. The number of nitrogens with one attached hydrogen (secondary N) is 1. The highest BCUT2D eigenvalue weighted by molar-refractivity contribution is 5.79. The molecule has 0 amide bonds. The summed E-state index contributed by atoms with van der Waals surface area (Å²) < 4.78 is 6.73. The lowest BCUT2D eigenvalue weighted by atomic mass is 10.1. The summed E-state index contributed by atoms with van der Waals surface area (Å²) in [6.45, 7) is 1.84. The average Bonchev–Trinajstić information content (AvgIpc) is 2.77. The van der Waals surface area contributed by atoms with Crippen molar-refractivity contribution in [1.29, 1.82) is 0 Å². The molecule has 0 saturated heterocycles. The number of hydrogen-bond donors (Lipinski definition) is 2. The van der Waals surface area contributed by atoms with Gasteiger partial charge in [-0.05, 0) is 31.2 Å². The van der Waals surface area contributed by atoms with Crippen LogP contribution in [0.2, 0.25) is 0 Å². The molecule has 2 rings (SSSR count). The van der Waals surface area contributed by atoms with E-state index < -0.39 is 12.0 Å². The Balaban J connectivity index is 2.25. The molecule has 0 saturated carbocycles. The molecule has 1 unspecified atom stereocenters. The van der Waals surface area contributed by atoms with Gasteiger partial charge in [-0.15, -0.1) is 0 Å². The largest absolute Gasteiger partial charge is 0.497 e. The van der Waals surface area contributed by atoms with Gasteiger partial charge in [0.05, 0.1) is 13.3 Å². The van der Waals surface area contributed by atoms with Crippen molar-refractivity contribution in [3.63, 3.8) is 0 Å². The second-order valence-electron chi connectivity index (χ2n) is 4.45. The van der Waals surface area contributed by atoms with E-state index in [-0.39, 0.29) is 0 Å². The van der Waals surface area contributed by atoms with Crippen LogP contribution in [0.25, 0.3) is 0 Å². The predicted molar refractivity (Wildman–Crippen MR) is 74.9 cm³/mol. The highest BCUT2D eigenvalue weighted by Crippen LogP contribution is 2.24. The minimum Gasteiger partial charge on any atom is -0.497 e. The van der Waals surface area contributed by atoms with Crippen LogP contribution < -0.4 is 10.1 Å². The van der Waals surface area contributed by atoms with Crippen molar-refractivity contribution < 1.29 is 14.6 Å². The molecule has 2 aromatic rings. The molecule has 106 valence electrons. The molecule has 6 nitrogen and oxygen atoms in total. The molecule has 0 aliphatic heterocycles. The second-order valence-corrected chi connectivity index (χ2v) is 4.45. The lowest BCUT2D eigenvalue weighted by Gasteiger charge is -2.16. The van der Waals surface area contributed by atoms with Gasteiger partial charge in [-0.1, -0.05) is 0 Å². The van der Waals surface area contributed by atoms with Gasteiger partial charge in [-0.25, -0.2) is 4.79 Å². The zero-order valence-corrected chi connectivity index (χ0v) is 11.6. The van der Waals surface area contributed by atoms with Crippen LogP contribution in [0.5, 0.6) is 5.75 Å². The van der Waals surface area contributed by atoms with Crippen molar-refractivity contribution in [2.45, 2.75) is 13.0 Å². The second kappa shape index (κ2) is 5.64. The molecule has 0 aliphatic rings. The van der Waals surface area contributed by atoms with E-state index in [0.717, 1.165) is 11.4 Å². The number of carboxylic acid groups (broad SMARTS) is 1. The third-order valence-corrected chi connectivity index (χ3v) is 3.23. The first-order valence-corrected chi connectivity index (χ1v) is 6.15. The van der Waals surface area contributed by atoms with Gasteiger partial charge in [0.25, 0.3) is 0 Å². The lowest BCUT2D eigenvalue weighted by molar-refractivity contribution is -0.138. The van der Waals surface area contributed by atoms with Crippen LogP contribution in [0, 0.1) is 6.92 Å². The highest BCUT2D eigenvalue weighted by Gasteiger charge is 2.23. The summed E-state index contributed by atoms with van der Waals surface area (Å²) in [7, 11) is 3.37. The SMILES string of the molecule is COc1ccc(NC(C(=O)O)c2cnn(C)c2C)cc1. The number of benzene rings is 1. The van der Waals surface area contributed by atoms with Crippen LogP contribution in [0.3, 0.4) is 0 Å². The van der Waals surface area contributed by atoms with Gasteiger partial charge >= 0.3 is 5.97 Å². The molecule has 1 aromatic carbocycles.